The number of thioether (sulfide) groups is 1. The normalized spacial score (nSPS) is 10.3. The Hall–Kier alpha value is -3.09. The minimum absolute atomic E-state index is 0.0586. The Morgan fingerprint density at radius 2 is 1.93 bits per heavy atom. The van der Waals surface area contributed by atoms with Gasteiger partial charge in [0.2, 0.25) is 0 Å². The molecule has 3 rings (SSSR count). The Bertz CT molecular complexity index is 1190. The number of aromatic amines is 1. The second-order valence-electron chi connectivity index (χ2n) is 5.90. The highest BCUT2D eigenvalue weighted by atomic mass is 79.9. The number of carbonyl (C=O) groups excluding carboxylic acids is 1. The average molecular weight is 486 g/mol. The SMILES string of the molecule is CCOC(=O)c1ccc(Oc2ccc(-c3nc(SC)[nH]c(=O)c3C#N)c(Br)c2)cc1. The molecule has 2 aromatic carbocycles. The maximum absolute atomic E-state index is 12.2. The van der Waals surface area contributed by atoms with Crippen molar-refractivity contribution in [1.82, 2.24) is 9.97 Å². The van der Waals surface area contributed by atoms with E-state index in [0.717, 1.165) is 0 Å². The third-order valence-corrected chi connectivity index (χ3v) is 5.24. The van der Waals surface area contributed by atoms with Gasteiger partial charge in [-0.1, -0.05) is 11.8 Å². The van der Waals surface area contributed by atoms with Crippen molar-refractivity contribution in [2.45, 2.75) is 12.1 Å². The van der Waals surface area contributed by atoms with Crippen molar-refractivity contribution in [1.29, 1.82) is 5.26 Å². The molecule has 9 heteroatoms. The number of nitriles is 1. The lowest BCUT2D eigenvalue weighted by molar-refractivity contribution is 0.0526. The quantitative estimate of drug-likeness (QED) is 0.304. The molecule has 0 saturated heterocycles. The molecule has 7 nitrogen and oxygen atoms in total. The van der Waals surface area contributed by atoms with Crippen molar-refractivity contribution in [3.63, 3.8) is 0 Å². The van der Waals surface area contributed by atoms with Gasteiger partial charge in [0, 0.05) is 10.0 Å². The smallest absolute Gasteiger partial charge is 0.338 e. The number of carbonyl (C=O) groups is 1. The summed E-state index contributed by atoms with van der Waals surface area (Å²) in [6.45, 7) is 2.06. The fourth-order valence-corrected chi connectivity index (χ4v) is 3.53. The molecule has 0 spiro atoms. The standard InChI is InChI=1S/C21H16BrN3O4S/c1-3-28-20(27)12-4-6-13(7-5-12)29-14-8-9-15(17(22)10-14)18-16(11-23)19(26)25-21(24-18)30-2/h4-10H,3H2,1-2H3,(H,24,25,26). The van der Waals surface area contributed by atoms with Gasteiger partial charge in [0.05, 0.1) is 17.9 Å². The number of aromatic nitrogens is 2. The van der Waals surface area contributed by atoms with Crippen LogP contribution in [0.1, 0.15) is 22.8 Å². The molecule has 1 N–H and O–H groups in total. The molecule has 0 aliphatic carbocycles. The van der Waals surface area contributed by atoms with Crippen molar-refractivity contribution in [3.8, 4) is 28.8 Å². The summed E-state index contributed by atoms with van der Waals surface area (Å²) >= 11 is 4.75. The number of esters is 1. The number of halogens is 1. The third-order valence-electron chi connectivity index (χ3n) is 4.00. The molecular formula is C21H16BrN3O4S. The minimum atomic E-state index is -0.485. The van der Waals surface area contributed by atoms with Crippen LogP contribution < -0.4 is 10.3 Å². The summed E-state index contributed by atoms with van der Waals surface area (Å²) in [7, 11) is 0. The van der Waals surface area contributed by atoms with Gasteiger partial charge in [0.1, 0.15) is 23.1 Å². The zero-order valence-corrected chi connectivity index (χ0v) is 18.5. The molecule has 0 saturated carbocycles. The van der Waals surface area contributed by atoms with Crippen LogP contribution in [0, 0.1) is 11.3 Å². The fourth-order valence-electron chi connectivity index (χ4n) is 2.61. The van der Waals surface area contributed by atoms with Crippen LogP contribution >= 0.6 is 27.7 Å². The van der Waals surface area contributed by atoms with E-state index in [1.54, 1.807) is 55.6 Å². The van der Waals surface area contributed by atoms with E-state index in [1.807, 2.05) is 6.07 Å². The summed E-state index contributed by atoms with van der Waals surface area (Å²) in [6, 6.07) is 13.7. The van der Waals surface area contributed by atoms with Gasteiger partial charge >= 0.3 is 5.97 Å². The van der Waals surface area contributed by atoms with E-state index in [-0.39, 0.29) is 11.5 Å². The molecule has 0 amide bonds. The molecule has 30 heavy (non-hydrogen) atoms. The second-order valence-corrected chi connectivity index (χ2v) is 7.55. The maximum atomic E-state index is 12.2. The summed E-state index contributed by atoms with van der Waals surface area (Å²) in [6.07, 6.45) is 1.79. The van der Waals surface area contributed by atoms with Crippen LogP contribution in [0.15, 0.2) is 56.9 Å². The van der Waals surface area contributed by atoms with Crippen molar-refractivity contribution >= 4 is 33.7 Å². The first-order valence-electron chi connectivity index (χ1n) is 8.80. The first kappa shape index (κ1) is 21.6. The van der Waals surface area contributed by atoms with E-state index >= 15 is 0 Å². The van der Waals surface area contributed by atoms with Crippen LogP contribution in [0.4, 0.5) is 0 Å². The number of H-pyrrole nitrogens is 1. The predicted octanol–water partition coefficient (Wildman–Crippen LogP) is 4.76. The topological polar surface area (TPSA) is 105 Å². The van der Waals surface area contributed by atoms with Crippen LogP contribution in [0.2, 0.25) is 0 Å². The Morgan fingerprint density at radius 1 is 1.23 bits per heavy atom. The first-order chi connectivity index (χ1) is 14.5. The molecule has 0 atom stereocenters. The first-order valence-corrected chi connectivity index (χ1v) is 10.8. The molecular weight excluding hydrogens is 470 g/mol. The lowest BCUT2D eigenvalue weighted by atomic mass is 10.1. The lowest BCUT2D eigenvalue weighted by Crippen LogP contribution is -2.14. The van der Waals surface area contributed by atoms with E-state index in [0.29, 0.717) is 44.6 Å². The molecule has 152 valence electrons. The Labute approximate surface area is 185 Å². The maximum Gasteiger partial charge on any atom is 0.338 e. The number of hydrogen-bond donors (Lipinski definition) is 1. The molecule has 0 bridgehead atoms. The summed E-state index contributed by atoms with van der Waals surface area (Å²) in [5, 5.41) is 9.79. The predicted molar refractivity (Wildman–Crippen MR) is 117 cm³/mol. The fraction of sp³-hybridized carbons (Fsp3) is 0.143. The van der Waals surface area contributed by atoms with Crippen molar-refractivity contribution in [2.24, 2.45) is 0 Å². The minimum Gasteiger partial charge on any atom is -0.462 e. The number of ether oxygens (including phenoxy) is 2. The van der Waals surface area contributed by atoms with Crippen molar-refractivity contribution in [3.05, 3.63) is 68.4 Å². The van der Waals surface area contributed by atoms with Crippen LogP contribution in [0.5, 0.6) is 11.5 Å². The lowest BCUT2D eigenvalue weighted by Gasteiger charge is -2.11. The molecule has 1 heterocycles. The van der Waals surface area contributed by atoms with Gasteiger partial charge in [0.25, 0.3) is 5.56 Å². The van der Waals surface area contributed by atoms with Gasteiger partial charge in [-0.15, -0.1) is 0 Å². The van der Waals surface area contributed by atoms with Gasteiger partial charge in [-0.3, -0.25) is 4.79 Å². The Balaban J connectivity index is 1.88. The summed E-state index contributed by atoms with van der Waals surface area (Å²) in [5.74, 6) is 0.682. The third kappa shape index (κ3) is 4.72. The van der Waals surface area contributed by atoms with E-state index in [4.69, 9.17) is 9.47 Å². The van der Waals surface area contributed by atoms with Crippen LogP contribution in [0.25, 0.3) is 11.3 Å². The second kappa shape index (κ2) is 9.61. The van der Waals surface area contributed by atoms with Gasteiger partial charge < -0.3 is 14.5 Å². The molecule has 0 radical (unpaired) electrons. The molecule has 0 aliphatic rings. The Morgan fingerprint density at radius 3 is 2.53 bits per heavy atom. The monoisotopic (exact) mass is 485 g/mol. The molecule has 1 aromatic heterocycles. The summed E-state index contributed by atoms with van der Waals surface area (Å²) in [4.78, 5) is 30.8. The van der Waals surface area contributed by atoms with Gasteiger partial charge in [-0.2, -0.15) is 5.26 Å². The van der Waals surface area contributed by atoms with E-state index in [2.05, 4.69) is 25.9 Å². The van der Waals surface area contributed by atoms with Crippen LogP contribution in [-0.4, -0.2) is 28.8 Å². The zero-order valence-electron chi connectivity index (χ0n) is 16.1. The summed E-state index contributed by atoms with van der Waals surface area (Å²) < 4.78 is 11.4. The van der Waals surface area contributed by atoms with Crippen LogP contribution in [0.3, 0.4) is 0 Å². The molecule has 0 aliphatic heterocycles. The van der Waals surface area contributed by atoms with Crippen molar-refractivity contribution < 1.29 is 14.3 Å². The number of nitrogens with zero attached hydrogens (tertiary/aromatic N) is 2. The number of nitrogens with one attached hydrogen (secondary N) is 1. The van der Waals surface area contributed by atoms with E-state index < -0.39 is 5.56 Å². The summed E-state index contributed by atoms with van der Waals surface area (Å²) in [5.41, 5.74) is 0.785. The number of benzene rings is 2. The van der Waals surface area contributed by atoms with Gasteiger partial charge in [0.15, 0.2) is 5.16 Å². The van der Waals surface area contributed by atoms with Gasteiger partial charge in [-0.05, 0) is 71.6 Å². The molecule has 3 aromatic rings. The highest BCUT2D eigenvalue weighted by Gasteiger charge is 2.16. The van der Waals surface area contributed by atoms with Crippen LogP contribution in [-0.2, 0) is 4.74 Å². The number of hydrogen-bond acceptors (Lipinski definition) is 7. The van der Waals surface area contributed by atoms with Gasteiger partial charge in [-0.25, -0.2) is 9.78 Å². The molecule has 0 fully saturated rings. The van der Waals surface area contributed by atoms with E-state index in [1.165, 1.54) is 11.8 Å². The van der Waals surface area contributed by atoms with Crippen molar-refractivity contribution in [2.75, 3.05) is 12.9 Å². The average Bonchev–Trinajstić information content (AvgIpc) is 2.74. The molecule has 0 unspecified atom stereocenters. The largest absolute Gasteiger partial charge is 0.462 e. The zero-order chi connectivity index (χ0) is 21.7. The Kier molecular flexibility index (Phi) is 6.92. The van der Waals surface area contributed by atoms with E-state index in [9.17, 15) is 14.9 Å². The number of rotatable bonds is 6. The highest BCUT2D eigenvalue weighted by molar-refractivity contribution is 9.10. The highest BCUT2D eigenvalue weighted by Crippen LogP contribution is 2.33.